The van der Waals surface area contributed by atoms with E-state index in [1.165, 1.54) is 12.1 Å². The number of rotatable bonds is 5. The van der Waals surface area contributed by atoms with Crippen LogP contribution in [-0.2, 0) is 6.54 Å². The molecule has 1 aromatic heterocycles. The van der Waals surface area contributed by atoms with Crippen molar-refractivity contribution in [3.8, 4) is 5.75 Å². The lowest BCUT2D eigenvalue weighted by Crippen LogP contribution is -2.21. The average molecular weight is 292 g/mol. The second-order valence-corrected chi connectivity index (χ2v) is 4.99. The molecule has 0 aliphatic heterocycles. The molecule has 0 atom stereocenters. The van der Waals surface area contributed by atoms with E-state index >= 15 is 0 Å². The van der Waals surface area contributed by atoms with Crippen LogP contribution in [0.15, 0.2) is 36.4 Å². The van der Waals surface area contributed by atoms with Crippen LogP contribution < -0.4 is 10.1 Å². The molecule has 0 unspecified atom stereocenters. The number of amides is 1. The number of ether oxygens (including phenoxy) is 1. The zero-order valence-electron chi connectivity index (χ0n) is 10.7. The fourth-order valence-electron chi connectivity index (χ4n) is 1.56. The van der Waals surface area contributed by atoms with Gasteiger partial charge in [0, 0.05) is 12.6 Å². The average Bonchev–Trinajstić information content (AvgIpc) is 2.95. The van der Waals surface area contributed by atoms with Crippen molar-refractivity contribution in [2.45, 2.75) is 6.54 Å². The molecule has 0 radical (unpaired) electrons. The van der Waals surface area contributed by atoms with Crippen LogP contribution >= 0.6 is 11.3 Å². The Hall–Kier alpha value is -2.41. The molecule has 0 bridgehead atoms. The number of methoxy groups -OCH3 is 1. The van der Waals surface area contributed by atoms with Crippen LogP contribution in [0.4, 0.5) is 5.00 Å². The summed E-state index contributed by atoms with van der Waals surface area (Å²) >= 11 is 0.859. The number of benzene rings is 1. The minimum Gasteiger partial charge on any atom is -0.497 e. The lowest BCUT2D eigenvalue weighted by molar-refractivity contribution is -0.380. The Kier molecular flexibility index (Phi) is 4.31. The number of carbonyl (C=O) groups excluding carboxylic acids is 1. The molecule has 0 aliphatic carbocycles. The maximum Gasteiger partial charge on any atom is 0.324 e. The summed E-state index contributed by atoms with van der Waals surface area (Å²) in [6.45, 7) is 0.356. The number of hydrogen-bond acceptors (Lipinski definition) is 5. The zero-order chi connectivity index (χ0) is 14.5. The highest BCUT2D eigenvalue weighted by Gasteiger charge is 2.14. The summed E-state index contributed by atoms with van der Waals surface area (Å²) in [6.07, 6.45) is 0. The minimum atomic E-state index is -0.509. The fraction of sp³-hybridized carbons (Fsp3) is 0.154. The minimum absolute atomic E-state index is 0.0420. The fourth-order valence-corrected chi connectivity index (χ4v) is 2.30. The third kappa shape index (κ3) is 3.33. The quantitative estimate of drug-likeness (QED) is 0.678. The molecule has 0 aliphatic rings. The van der Waals surface area contributed by atoms with Gasteiger partial charge in [0.25, 0.3) is 5.91 Å². The topological polar surface area (TPSA) is 81.5 Å². The first-order valence-electron chi connectivity index (χ1n) is 5.75. The van der Waals surface area contributed by atoms with Gasteiger partial charge in [0.1, 0.15) is 5.75 Å². The lowest BCUT2D eigenvalue weighted by atomic mass is 10.2. The first kappa shape index (κ1) is 14.0. The highest BCUT2D eigenvalue weighted by molar-refractivity contribution is 7.17. The molecular weight excluding hydrogens is 280 g/mol. The molecule has 0 spiro atoms. The van der Waals surface area contributed by atoms with Crippen molar-refractivity contribution >= 4 is 22.2 Å². The van der Waals surface area contributed by atoms with Gasteiger partial charge >= 0.3 is 5.00 Å². The molecule has 0 saturated heterocycles. The summed E-state index contributed by atoms with van der Waals surface area (Å²) in [5.41, 5.74) is 0.921. The normalized spacial score (nSPS) is 10.1. The first-order chi connectivity index (χ1) is 9.60. The third-order valence-corrected chi connectivity index (χ3v) is 3.64. The highest BCUT2D eigenvalue weighted by atomic mass is 32.1. The van der Waals surface area contributed by atoms with E-state index in [9.17, 15) is 14.9 Å². The van der Waals surface area contributed by atoms with Crippen LogP contribution in [0.3, 0.4) is 0 Å². The van der Waals surface area contributed by atoms with Crippen molar-refractivity contribution in [1.82, 2.24) is 5.32 Å². The van der Waals surface area contributed by atoms with Gasteiger partial charge in [-0.3, -0.25) is 14.9 Å². The Balaban J connectivity index is 1.95. The molecule has 2 rings (SSSR count). The number of nitrogens with one attached hydrogen (secondary N) is 1. The second-order valence-electron chi connectivity index (χ2n) is 3.93. The number of carbonyl (C=O) groups is 1. The number of thiophene rings is 1. The third-order valence-electron chi connectivity index (χ3n) is 2.61. The summed E-state index contributed by atoms with van der Waals surface area (Å²) < 4.78 is 5.04. The smallest absolute Gasteiger partial charge is 0.324 e. The molecule has 0 saturated carbocycles. The Morgan fingerprint density at radius 3 is 2.55 bits per heavy atom. The van der Waals surface area contributed by atoms with Gasteiger partial charge in [-0.05, 0) is 23.8 Å². The van der Waals surface area contributed by atoms with Crippen molar-refractivity contribution < 1.29 is 14.5 Å². The Labute approximate surface area is 119 Å². The summed E-state index contributed by atoms with van der Waals surface area (Å²) in [4.78, 5) is 22.2. The van der Waals surface area contributed by atoms with Crippen LogP contribution in [0.1, 0.15) is 15.2 Å². The van der Waals surface area contributed by atoms with Gasteiger partial charge in [-0.2, -0.15) is 0 Å². The second kappa shape index (κ2) is 6.16. The maximum absolute atomic E-state index is 11.8. The predicted octanol–water partition coefficient (Wildman–Crippen LogP) is 2.59. The first-order valence-corrected chi connectivity index (χ1v) is 6.57. The number of hydrogen-bond donors (Lipinski definition) is 1. The molecule has 104 valence electrons. The van der Waals surface area contributed by atoms with Crippen LogP contribution in [-0.4, -0.2) is 17.9 Å². The van der Waals surface area contributed by atoms with Crippen molar-refractivity contribution in [3.63, 3.8) is 0 Å². The molecule has 1 aromatic carbocycles. The van der Waals surface area contributed by atoms with E-state index in [0.29, 0.717) is 11.4 Å². The van der Waals surface area contributed by atoms with Gasteiger partial charge in [0.2, 0.25) is 0 Å². The molecular formula is C13H12N2O4S. The summed E-state index contributed by atoms with van der Waals surface area (Å²) in [7, 11) is 1.58. The predicted molar refractivity (Wildman–Crippen MR) is 75.1 cm³/mol. The molecule has 20 heavy (non-hydrogen) atoms. The van der Waals surface area contributed by atoms with Gasteiger partial charge in [-0.1, -0.05) is 23.5 Å². The van der Waals surface area contributed by atoms with Crippen LogP contribution in [0.5, 0.6) is 5.75 Å². The van der Waals surface area contributed by atoms with Gasteiger partial charge < -0.3 is 10.1 Å². The van der Waals surface area contributed by atoms with Gasteiger partial charge in [-0.25, -0.2) is 0 Å². The van der Waals surface area contributed by atoms with E-state index < -0.39 is 4.92 Å². The molecule has 1 N–H and O–H groups in total. The Morgan fingerprint density at radius 1 is 1.30 bits per heavy atom. The lowest BCUT2D eigenvalue weighted by Gasteiger charge is -2.05. The van der Waals surface area contributed by atoms with Gasteiger partial charge in [0.05, 0.1) is 16.9 Å². The van der Waals surface area contributed by atoms with E-state index in [2.05, 4.69) is 5.32 Å². The van der Waals surface area contributed by atoms with Crippen LogP contribution in [0.25, 0.3) is 0 Å². The van der Waals surface area contributed by atoms with E-state index in [4.69, 9.17) is 4.74 Å². The van der Waals surface area contributed by atoms with E-state index in [1.807, 2.05) is 12.1 Å². The van der Waals surface area contributed by atoms with Crippen molar-refractivity contribution in [1.29, 1.82) is 0 Å². The standard InChI is InChI=1S/C13H12N2O4S/c1-19-10-4-2-9(3-5-10)8-14-13(16)11-6-7-12(20-11)15(17)18/h2-7H,8H2,1H3,(H,14,16). The molecule has 6 nitrogen and oxygen atoms in total. The SMILES string of the molecule is COc1ccc(CNC(=O)c2ccc([N+](=O)[O-])s2)cc1. The van der Waals surface area contributed by atoms with Gasteiger partial charge in [0.15, 0.2) is 0 Å². The van der Waals surface area contributed by atoms with Gasteiger partial charge in [-0.15, -0.1) is 0 Å². The Bertz CT molecular complexity index is 622. The Morgan fingerprint density at radius 2 is 2.00 bits per heavy atom. The molecule has 2 aromatic rings. The van der Waals surface area contributed by atoms with E-state index in [-0.39, 0.29) is 10.9 Å². The van der Waals surface area contributed by atoms with Crippen LogP contribution in [0, 0.1) is 10.1 Å². The van der Waals surface area contributed by atoms with E-state index in [0.717, 1.165) is 22.6 Å². The number of nitro groups is 1. The van der Waals surface area contributed by atoms with Crippen molar-refractivity contribution in [2.24, 2.45) is 0 Å². The largest absolute Gasteiger partial charge is 0.497 e. The van der Waals surface area contributed by atoms with Crippen molar-refractivity contribution in [3.05, 3.63) is 57.0 Å². The summed E-state index contributed by atoms with van der Waals surface area (Å²) in [6, 6.07) is 10.1. The summed E-state index contributed by atoms with van der Waals surface area (Å²) in [5, 5.41) is 13.2. The highest BCUT2D eigenvalue weighted by Crippen LogP contribution is 2.23. The zero-order valence-corrected chi connectivity index (χ0v) is 11.5. The molecule has 7 heteroatoms. The summed E-state index contributed by atoms with van der Waals surface area (Å²) in [5.74, 6) is 0.424. The van der Waals surface area contributed by atoms with E-state index in [1.54, 1.807) is 19.2 Å². The van der Waals surface area contributed by atoms with Crippen molar-refractivity contribution in [2.75, 3.05) is 7.11 Å². The molecule has 1 heterocycles. The molecule has 0 fully saturated rings. The molecule has 1 amide bonds. The maximum atomic E-state index is 11.8. The number of nitrogens with zero attached hydrogens (tertiary/aromatic N) is 1. The van der Waals surface area contributed by atoms with Crippen LogP contribution in [0.2, 0.25) is 0 Å². The monoisotopic (exact) mass is 292 g/mol.